The summed E-state index contributed by atoms with van der Waals surface area (Å²) >= 11 is 0. The molecule has 0 bridgehead atoms. The Morgan fingerprint density at radius 1 is 0.938 bits per heavy atom. The van der Waals surface area contributed by atoms with E-state index < -0.39 is 0 Å². The molecule has 0 aliphatic heterocycles. The number of carbonyl (C=O) groups excluding carboxylic acids is 1. The molecular formula is C13H12BNO. The molecule has 78 valence electrons. The lowest BCUT2D eigenvalue weighted by Gasteiger charge is -2.05. The van der Waals surface area contributed by atoms with Gasteiger partial charge >= 0.3 is 0 Å². The smallest absolute Gasteiger partial charge is 0.255 e. The normalized spacial score (nSPS) is 9.75. The van der Waals surface area contributed by atoms with E-state index in [0.717, 1.165) is 5.69 Å². The van der Waals surface area contributed by atoms with E-state index in [1.807, 2.05) is 50.3 Å². The fourth-order valence-corrected chi connectivity index (χ4v) is 1.43. The van der Waals surface area contributed by atoms with Crippen molar-refractivity contribution in [3.05, 3.63) is 60.2 Å². The molecule has 2 aromatic carbocycles. The number of amides is 1. The van der Waals surface area contributed by atoms with E-state index in [0.29, 0.717) is 5.56 Å². The summed E-state index contributed by atoms with van der Waals surface area (Å²) in [6.45, 7) is 0. The SMILES string of the molecule is Bc1ccc(NC(=O)c2ccccc2)cc1. The number of hydrogen-bond acceptors (Lipinski definition) is 1. The van der Waals surface area contributed by atoms with Gasteiger partial charge in [-0.05, 0) is 24.3 Å². The van der Waals surface area contributed by atoms with Crippen LogP contribution in [0.2, 0.25) is 0 Å². The Bertz CT molecular complexity index is 479. The summed E-state index contributed by atoms with van der Waals surface area (Å²) < 4.78 is 0. The molecule has 1 amide bonds. The zero-order valence-electron chi connectivity index (χ0n) is 9.10. The van der Waals surface area contributed by atoms with Gasteiger partial charge in [-0.1, -0.05) is 35.8 Å². The summed E-state index contributed by atoms with van der Waals surface area (Å²) in [7, 11) is 2.02. The molecule has 2 aromatic rings. The first kappa shape index (κ1) is 10.5. The minimum Gasteiger partial charge on any atom is -0.322 e. The van der Waals surface area contributed by atoms with Gasteiger partial charge in [0.25, 0.3) is 5.91 Å². The van der Waals surface area contributed by atoms with Gasteiger partial charge in [-0.25, -0.2) is 0 Å². The minimum absolute atomic E-state index is 0.0792. The average molecular weight is 209 g/mol. The van der Waals surface area contributed by atoms with Crippen LogP contribution >= 0.6 is 0 Å². The summed E-state index contributed by atoms with van der Waals surface area (Å²) in [5, 5.41) is 2.85. The van der Waals surface area contributed by atoms with Crippen molar-refractivity contribution in [2.45, 2.75) is 0 Å². The molecule has 0 radical (unpaired) electrons. The zero-order chi connectivity index (χ0) is 11.4. The lowest BCUT2D eigenvalue weighted by atomic mass is 9.96. The van der Waals surface area contributed by atoms with Gasteiger partial charge < -0.3 is 5.32 Å². The van der Waals surface area contributed by atoms with Crippen LogP contribution in [0.5, 0.6) is 0 Å². The predicted octanol–water partition coefficient (Wildman–Crippen LogP) is 1.20. The number of nitrogens with one attached hydrogen (secondary N) is 1. The van der Waals surface area contributed by atoms with E-state index in [1.54, 1.807) is 12.1 Å². The summed E-state index contributed by atoms with van der Waals surface area (Å²) in [4.78, 5) is 11.8. The lowest BCUT2D eigenvalue weighted by Crippen LogP contribution is -2.12. The average Bonchev–Trinajstić information content (AvgIpc) is 2.33. The standard InChI is InChI=1S/C13H12BNO/c14-11-6-8-12(9-7-11)15-13(16)10-4-2-1-3-5-10/h1-9H,14H2,(H,15,16). The molecule has 2 nitrogen and oxygen atoms in total. The molecule has 0 atom stereocenters. The van der Waals surface area contributed by atoms with Crippen LogP contribution < -0.4 is 10.8 Å². The van der Waals surface area contributed by atoms with E-state index >= 15 is 0 Å². The largest absolute Gasteiger partial charge is 0.322 e. The fraction of sp³-hybridized carbons (Fsp3) is 0. The van der Waals surface area contributed by atoms with E-state index in [-0.39, 0.29) is 5.91 Å². The highest BCUT2D eigenvalue weighted by Crippen LogP contribution is 2.07. The van der Waals surface area contributed by atoms with Gasteiger partial charge in [-0.15, -0.1) is 0 Å². The fourth-order valence-electron chi connectivity index (χ4n) is 1.43. The lowest BCUT2D eigenvalue weighted by molar-refractivity contribution is 0.102. The van der Waals surface area contributed by atoms with Crippen LogP contribution in [-0.2, 0) is 0 Å². The third-order valence-electron chi connectivity index (χ3n) is 2.35. The molecule has 2 rings (SSSR count). The second-order valence-electron chi connectivity index (χ2n) is 3.69. The predicted molar refractivity (Wildman–Crippen MR) is 69.0 cm³/mol. The van der Waals surface area contributed by atoms with Crippen LogP contribution in [0.25, 0.3) is 0 Å². The van der Waals surface area contributed by atoms with Crippen molar-refractivity contribution in [1.82, 2.24) is 0 Å². The van der Waals surface area contributed by atoms with E-state index in [1.165, 1.54) is 5.46 Å². The Morgan fingerprint density at radius 2 is 1.56 bits per heavy atom. The van der Waals surface area contributed by atoms with Crippen LogP contribution in [0.15, 0.2) is 54.6 Å². The highest BCUT2D eigenvalue weighted by molar-refractivity contribution is 6.32. The van der Waals surface area contributed by atoms with Crippen molar-refractivity contribution >= 4 is 24.9 Å². The Labute approximate surface area is 95.7 Å². The Hall–Kier alpha value is -2.03. The quantitative estimate of drug-likeness (QED) is 0.739. The van der Waals surface area contributed by atoms with Gasteiger partial charge in [0.05, 0.1) is 0 Å². The van der Waals surface area contributed by atoms with E-state index in [9.17, 15) is 4.79 Å². The molecule has 0 heterocycles. The van der Waals surface area contributed by atoms with Gasteiger partial charge in [0.2, 0.25) is 0 Å². The van der Waals surface area contributed by atoms with Gasteiger partial charge in [0.15, 0.2) is 0 Å². The molecule has 1 N–H and O–H groups in total. The number of anilines is 1. The highest BCUT2D eigenvalue weighted by Gasteiger charge is 2.03. The monoisotopic (exact) mass is 209 g/mol. The molecule has 0 saturated heterocycles. The summed E-state index contributed by atoms with van der Waals surface area (Å²) in [5.74, 6) is -0.0792. The molecular weight excluding hydrogens is 197 g/mol. The molecule has 0 saturated carbocycles. The summed E-state index contributed by atoms with van der Waals surface area (Å²) in [6, 6.07) is 16.9. The number of hydrogen-bond donors (Lipinski definition) is 1. The molecule has 0 fully saturated rings. The van der Waals surface area contributed by atoms with Gasteiger partial charge in [-0.2, -0.15) is 0 Å². The van der Waals surface area contributed by atoms with Gasteiger partial charge in [0, 0.05) is 11.3 Å². The van der Waals surface area contributed by atoms with Crippen molar-refractivity contribution in [2.75, 3.05) is 5.32 Å². The first-order valence-corrected chi connectivity index (χ1v) is 5.19. The summed E-state index contributed by atoms with van der Waals surface area (Å²) in [5.41, 5.74) is 2.67. The van der Waals surface area contributed by atoms with Crippen molar-refractivity contribution in [3.63, 3.8) is 0 Å². The van der Waals surface area contributed by atoms with E-state index in [4.69, 9.17) is 0 Å². The highest BCUT2D eigenvalue weighted by atomic mass is 16.1. The molecule has 0 aromatic heterocycles. The summed E-state index contributed by atoms with van der Waals surface area (Å²) in [6.07, 6.45) is 0. The van der Waals surface area contributed by atoms with Crippen molar-refractivity contribution in [2.24, 2.45) is 0 Å². The van der Waals surface area contributed by atoms with Crippen molar-refractivity contribution in [3.8, 4) is 0 Å². The van der Waals surface area contributed by atoms with Gasteiger partial charge in [-0.3, -0.25) is 4.79 Å². The number of benzene rings is 2. The first-order valence-electron chi connectivity index (χ1n) is 5.19. The number of carbonyl (C=O) groups is 1. The first-order chi connectivity index (χ1) is 7.75. The molecule has 0 aliphatic rings. The topological polar surface area (TPSA) is 29.1 Å². The molecule has 16 heavy (non-hydrogen) atoms. The van der Waals surface area contributed by atoms with Crippen LogP contribution in [0.4, 0.5) is 5.69 Å². The maximum atomic E-state index is 11.8. The van der Waals surface area contributed by atoms with E-state index in [2.05, 4.69) is 5.32 Å². The van der Waals surface area contributed by atoms with Crippen LogP contribution in [-0.4, -0.2) is 13.8 Å². The minimum atomic E-state index is -0.0792. The Kier molecular flexibility index (Phi) is 3.06. The Morgan fingerprint density at radius 3 is 2.19 bits per heavy atom. The third-order valence-corrected chi connectivity index (χ3v) is 2.35. The molecule has 0 spiro atoms. The van der Waals surface area contributed by atoms with Gasteiger partial charge in [0.1, 0.15) is 7.85 Å². The van der Waals surface area contributed by atoms with Crippen LogP contribution in [0.3, 0.4) is 0 Å². The van der Waals surface area contributed by atoms with Crippen molar-refractivity contribution < 1.29 is 4.79 Å². The van der Waals surface area contributed by atoms with Crippen molar-refractivity contribution in [1.29, 1.82) is 0 Å². The molecule has 3 heteroatoms. The second kappa shape index (κ2) is 4.66. The second-order valence-corrected chi connectivity index (χ2v) is 3.69. The zero-order valence-corrected chi connectivity index (χ0v) is 9.10. The Balaban J connectivity index is 2.11. The third kappa shape index (κ3) is 2.51. The number of rotatable bonds is 2. The maximum absolute atomic E-state index is 11.8. The molecule has 0 unspecified atom stereocenters. The van der Waals surface area contributed by atoms with Crippen LogP contribution in [0, 0.1) is 0 Å². The maximum Gasteiger partial charge on any atom is 0.255 e. The van der Waals surface area contributed by atoms with Crippen LogP contribution in [0.1, 0.15) is 10.4 Å². The molecule has 0 aliphatic carbocycles.